The highest BCUT2D eigenvalue weighted by Gasteiger charge is 2.43. The molecule has 0 bridgehead atoms. The van der Waals surface area contributed by atoms with Gasteiger partial charge in [0.05, 0.1) is 17.4 Å². The average Bonchev–Trinajstić information content (AvgIpc) is 2.81. The third-order valence-corrected chi connectivity index (χ3v) is 5.45. The number of rotatable bonds is 1. The van der Waals surface area contributed by atoms with Crippen molar-refractivity contribution in [3.63, 3.8) is 0 Å². The number of anilines is 2. The number of amides is 2. The van der Waals surface area contributed by atoms with Crippen LogP contribution in [-0.4, -0.2) is 18.9 Å². The second kappa shape index (κ2) is 6.82. The summed E-state index contributed by atoms with van der Waals surface area (Å²) in [6.45, 7) is 4.22. The van der Waals surface area contributed by atoms with Gasteiger partial charge in [-0.3, -0.25) is 9.69 Å². The van der Waals surface area contributed by atoms with Gasteiger partial charge in [0.15, 0.2) is 5.78 Å². The monoisotopic (exact) mass is 375 g/mol. The molecule has 28 heavy (non-hydrogen) atoms. The highest BCUT2D eigenvalue weighted by atomic mass is 16.2. The molecule has 2 aromatic carbocycles. The Balaban J connectivity index is 2.01. The molecule has 2 aromatic rings. The molecule has 0 aromatic heterocycles. The fourth-order valence-electron chi connectivity index (χ4n) is 4.28. The zero-order valence-electron chi connectivity index (χ0n) is 16.5. The summed E-state index contributed by atoms with van der Waals surface area (Å²) in [4.78, 5) is 28.1. The molecule has 144 valence electrons. The number of para-hydroxylation sites is 2. The van der Waals surface area contributed by atoms with Crippen LogP contribution in [0, 0.1) is 5.41 Å². The SMILES string of the molecule is CNC(=O)N1c2ccccc2NC2=C(C(=O)CC(C)(C)C2)[C@@H]1c1ccccc1. The Labute approximate surface area is 165 Å². The fraction of sp³-hybridized carbons (Fsp3) is 0.304. The first kappa shape index (κ1) is 18.3. The molecule has 5 heteroatoms. The van der Waals surface area contributed by atoms with Crippen LogP contribution in [0.5, 0.6) is 0 Å². The molecule has 1 aliphatic heterocycles. The van der Waals surface area contributed by atoms with Gasteiger partial charge in [-0.25, -0.2) is 4.79 Å². The Morgan fingerprint density at radius 3 is 2.46 bits per heavy atom. The van der Waals surface area contributed by atoms with E-state index in [2.05, 4.69) is 24.5 Å². The van der Waals surface area contributed by atoms with Crippen LogP contribution in [0.1, 0.15) is 38.3 Å². The van der Waals surface area contributed by atoms with Gasteiger partial charge in [-0.15, -0.1) is 0 Å². The van der Waals surface area contributed by atoms with E-state index < -0.39 is 6.04 Å². The van der Waals surface area contributed by atoms with Crippen molar-refractivity contribution in [1.82, 2.24) is 5.32 Å². The summed E-state index contributed by atoms with van der Waals surface area (Å²) in [7, 11) is 1.62. The standard InChI is InChI=1S/C23H25N3O2/c1-23(2)13-17-20(19(27)14-23)21(15-9-5-4-6-10-15)26(22(28)24-3)18-12-8-7-11-16(18)25-17/h4-12,21,25H,13-14H2,1-3H3,(H,24,28)/t21-/m0/s1. The molecule has 2 aliphatic rings. The number of carbonyl (C=O) groups is 2. The number of urea groups is 1. The van der Waals surface area contributed by atoms with E-state index in [4.69, 9.17) is 0 Å². The van der Waals surface area contributed by atoms with Crippen molar-refractivity contribution in [2.75, 3.05) is 17.3 Å². The van der Waals surface area contributed by atoms with Crippen molar-refractivity contribution in [2.45, 2.75) is 32.7 Å². The highest BCUT2D eigenvalue weighted by molar-refractivity contribution is 6.05. The lowest BCUT2D eigenvalue weighted by molar-refractivity contribution is -0.118. The topological polar surface area (TPSA) is 61.4 Å². The van der Waals surface area contributed by atoms with E-state index in [1.807, 2.05) is 54.6 Å². The van der Waals surface area contributed by atoms with Gasteiger partial charge in [-0.1, -0.05) is 56.3 Å². The smallest absolute Gasteiger partial charge is 0.322 e. The number of ketones is 1. The number of carbonyl (C=O) groups excluding carboxylic acids is 2. The number of fused-ring (bicyclic) bond motifs is 1. The van der Waals surface area contributed by atoms with E-state index in [-0.39, 0.29) is 17.2 Å². The van der Waals surface area contributed by atoms with Gasteiger partial charge in [0.1, 0.15) is 0 Å². The van der Waals surface area contributed by atoms with E-state index in [9.17, 15) is 9.59 Å². The molecule has 0 radical (unpaired) electrons. The fourth-order valence-corrected chi connectivity index (χ4v) is 4.28. The molecule has 0 spiro atoms. The van der Waals surface area contributed by atoms with Gasteiger partial charge < -0.3 is 10.6 Å². The van der Waals surface area contributed by atoms with Crippen LogP contribution in [0.15, 0.2) is 65.9 Å². The van der Waals surface area contributed by atoms with Gasteiger partial charge in [-0.05, 0) is 29.5 Å². The van der Waals surface area contributed by atoms with Crippen LogP contribution in [-0.2, 0) is 4.79 Å². The summed E-state index contributed by atoms with van der Waals surface area (Å²) >= 11 is 0. The zero-order valence-corrected chi connectivity index (χ0v) is 16.5. The van der Waals surface area contributed by atoms with Crippen LogP contribution in [0.3, 0.4) is 0 Å². The number of nitrogens with one attached hydrogen (secondary N) is 2. The molecule has 0 unspecified atom stereocenters. The van der Waals surface area contributed by atoms with Crippen LogP contribution in [0.25, 0.3) is 0 Å². The minimum atomic E-state index is -0.476. The largest absolute Gasteiger partial charge is 0.357 e. The minimum Gasteiger partial charge on any atom is -0.357 e. The van der Waals surface area contributed by atoms with Gasteiger partial charge in [0.2, 0.25) is 0 Å². The third-order valence-electron chi connectivity index (χ3n) is 5.45. The number of allylic oxidation sites excluding steroid dienone is 1. The number of hydrogen-bond acceptors (Lipinski definition) is 3. The van der Waals surface area contributed by atoms with Crippen LogP contribution < -0.4 is 15.5 Å². The van der Waals surface area contributed by atoms with E-state index in [1.165, 1.54) is 0 Å². The summed E-state index contributed by atoms with van der Waals surface area (Å²) in [5.74, 6) is 0.0920. The normalized spacial score (nSPS) is 20.6. The van der Waals surface area contributed by atoms with Crippen molar-refractivity contribution in [1.29, 1.82) is 0 Å². The van der Waals surface area contributed by atoms with Gasteiger partial charge in [0, 0.05) is 24.7 Å². The maximum Gasteiger partial charge on any atom is 0.322 e. The lowest BCUT2D eigenvalue weighted by Crippen LogP contribution is -2.43. The van der Waals surface area contributed by atoms with E-state index in [0.717, 1.165) is 29.1 Å². The highest BCUT2D eigenvalue weighted by Crippen LogP contribution is 2.48. The second-order valence-corrected chi connectivity index (χ2v) is 8.21. The first-order valence-electron chi connectivity index (χ1n) is 9.59. The summed E-state index contributed by atoms with van der Waals surface area (Å²) in [6.07, 6.45) is 1.22. The minimum absolute atomic E-state index is 0.0920. The van der Waals surface area contributed by atoms with Crippen molar-refractivity contribution < 1.29 is 9.59 Å². The lowest BCUT2D eigenvalue weighted by atomic mass is 9.73. The summed E-state index contributed by atoms with van der Waals surface area (Å²) in [5, 5.41) is 6.25. The summed E-state index contributed by atoms with van der Waals surface area (Å²) in [6, 6.07) is 16.8. The van der Waals surface area contributed by atoms with Crippen LogP contribution >= 0.6 is 0 Å². The predicted molar refractivity (Wildman–Crippen MR) is 111 cm³/mol. The van der Waals surface area contributed by atoms with Gasteiger partial charge >= 0.3 is 6.03 Å². The van der Waals surface area contributed by atoms with Crippen molar-refractivity contribution in [3.05, 3.63) is 71.4 Å². The maximum absolute atomic E-state index is 13.3. The molecule has 0 saturated carbocycles. The first-order valence-corrected chi connectivity index (χ1v) is 9.59. The van der Waals surface area contributed by atoms with E-state index in [0.29, 0.717) is 12.0 Å². The Bertz CT molecular complexity index is 963. The molecule has 5 nitrogen and oxygen atoms in total. The van der Waals surface area contributed by atoms with E-state index in [1.54, 1.807) is 11.9 Å². The molecular formula is C23H25N3O2. The second-order valence-electron chi connectivity index (χ2n) is 8.21. The van der Waals surface area contributed by atoms with E-state index >= 15 is 0 Å². The Morgan fingerprint density at radius 1 is 1.07 bits per heavy atom. The average molecular weight is 375 g/mol. The first-order chi connectivity index (χ1) is 13.4. The zero-order chi connectivity index (χ0) is 19.9. The van der Waals surface area contributed by atoms with Crippen LogP contribution in [0.2, 0.25) is 0 Å². The molecule has 2 N–H and O–H groups in total. The summed E-state index contributed by atoms with van der Waals surface area (Å²) in [5.41, 5.74) is 3.99. The van der Waals surface area contributed by atoms with Crippen LogP contribution in [0.4, 0.5) is 16.2 Å². The maximum atomic E-state index is 13.3. The predicted octanol–water partition coefficient (Wildman–Crippen LogP) is 4.64. The molecule has 0 fully saturated rings. The van der Waals surface area contributed by atoms with Gasteiger partial charge in [0.25, 0.3) is 0 Å². The molecular weight excluding hydrogens is 350 g/mol. The molecule has 4 rings (SSSR count). The Morgan fingerprint density at radius 2 is 1.75 bits per heavy atom. The number of hydrogen-bond donors (Lipinski definition) is 2. The summed E-state index contributed by atoms with van der Waals surface area (Å²) < 4.78 is 0. The number of Topliss-reactive ketones (excluding diaryl/α,β-unsaturated/α-hetero) is 1. The van der Waals surface area contributed by atoms with Crippen molar-refractivity contribution in [3.8, 4) is 0 Å². The number of benzene rings is 2. The lowest BCUT2D eigenvalue weighted by Gasteiger charge is -2.36. The Hall–Kier alpha value is -3.08. The quantitative estimate of drug-likeness (QED) is 0.763. The Kier molecular flexibility index (Phi) is 4.46. The molecule has 2 amide bonds. The molecule has 1 atom stereocenters. The molecule has 0 saturated heterocycles. The molecule has 1 heterocycles. The van der Waals surface area contributed by atoms with Crippen molar-refractivity contribution in [2.24, 2.45) is 5.41 Å². The van der Waals surface area contributed by atoms with Crippen molar-refractivity contribution >= 4 is 23.2 Å². The molecule has 1 aliphatic carbocycles. The third kappa shape index (κ3) is 3.07. The van der Waals surface area contributed by atoms with Gasteiger partial charge in [-0.2, -0.15) is 0 Å². The number of nitrogens with zero attached hydrogens (tertiary/aromatic N) is 1.